The van der Waals surface area contributed by atoms with Crippen molar-refractivity contribution in [3.05, 3.63) is 11.1 Å². The summed E-state index contributed by atoms with van der Waals surface area (Å²) in [4.78, 5) is 36.6. The molecule has 0 saturated heterocycles. The highest BCUT2D eigenvalue weighted by atomic mass is 16.5. The predicted molar refractivity (Wildman–Crippen MR) is 74.0 cm³/mol. The zero-order valence-electron chi connectivity index (χ0n) is 12.4. The standard InChI is InChI=1S/C16H22O4/c1-4-10-13(9(2)17)11-7-5-6-8-12(16(19)20-3)14(11)15(10)18/h11-12,14H,4-8H2,1-3H3/t11-,12?,14+/m0/s1. The molecule has 0 spiro atoms. The van der Waals surface area contributed by atoms with Gasteiger partial charge < -0.3 is 4.74 Å². The SMILES string of the molecule is CCC1=C(C(C)=O)[C@@H]2CCCCC(C(=O)OC)[C@@H]2C1=O. The Hall–Kier alpha value is -1.45. The maximum atomic E-state index is 12.7. The summed E-state index contributed by atoms with van der Waals surface area (Å²) in [6.45, 7) is 3.42. The molecule has 0 bridgehead atoms. The molecule has 20 heavy (non-hydrogen) atoms. The minimum absolute atomic E-state index is 0.000000000000000222. The highest BCUT2D eigenvalue weighted by Crippen LogP contribution is 2.46. The number of methoxy groups -OCH3 is 1. The van der Waals surface area contributed by atoms with E-state index < -0.39 is 5.92 Å². The van der Waals surface area contributed by atoms with Crippen molar-refractivity contribution >= 4 is 17.5 Å². The van der Waals surface area contributed by atoms with Crippen molar-refractivity contribution in [2.45, 2.75) is 46.0 Å². The molecule has 4 heteroatoms. The summed E-state index contributed by atoms with van der Waals surface area (Å²) in [5.74, 6) is -1.18. The lowest BCUT2D eigenvalue weighted by molar-refractivity contribution is -0.150. The molecule has 2 aliphatic carbocycles. The smallest absolute Gasteiger partial charge is 0.309 e. The molecule has 0 amide bonds. The highest BCUT2D eigenvalue weighted by Gasteiger charge is 2.49. The Balaban J connectivity index is 2.44. The van der Waals surface area contributed by atoms with Crippen LogP contribution in [-0.4, -0.2) is 24.6 Å². The third-order valence-electron chi connectivity index (χ3n) is 4.68. The van der Waals surface area contributed by atoms with E-state index in [2.05, 4.69) is 0 Å². The van der Waals surface area contributed by atoms with E-state index in [4.69, 9.17) is 4.74 Å². The average molecular weight is 278 g/mol. The number of hydrogen-bond acceptors (Lipinski definition) is 4. The number of fused-ring (bicyclic) bond motifs is 1. The van der Waals surface area contributed by atoms with Gasteiger partial charge in [-0.3, -0.25) is 14.4 Å². The molecule has 0 aromatic carbocycles. The van der Waals surface area contributed by atoms with Crippen LogP contribution in [0.5, 0.6) is 0 Å². The number of carbonyl (C=O) groups excluding carboxylic acids is 3. The van der Waals surface area contributed by atoms with Gasteiger partial charge in [0.1, 0.15) is 0 Å². The molecule has 0 heterocycles. The van der Waals surface area contributed by atoms with Crippen molar-refractivity contribution < 1.29 is 19.1 Å². The Morgan fingerprint density at radius 2 is 1.90 bits per heavy atom. The van der Waals surface area contributed by atoms with E-state index in [1.165, 1.54) is 14.0 Å². The number of Topliss-reactive ketones (excluding diaryl/α,β-unsaturated/α-hetero) is 2. The first-order valence-corrected chi connectivity index (χ1v) is 7.38. The fourth-order valence-electron chi connectivity index (χ4n) is 3.87. The van der Waals surface area contributed by atoms with E-state index in [1.54, 1.807) is 0 Å². The van der Waals surface area contributed by atoms with Crippen LogP contribution in [-0.2, 0) is 19.1 Å². The second kappa shape index (κ2) is 5.90. The Kier molecular flexibility index (Phi) is 4.41. The normalized spacial score (nSPS) is 29.9. The van der Waals surface area contributed by atoms with Crippen molar-refractivity contribution in [2.75, 3.05) is 7.11 Å². The molecular formula is C16H22O4. The molecule has 0 aromatic heterocycles. The third kappa shape index (κ3) is 2.32. The maximum absolute atomic E-state index is 12.7. The lowest BCUT2D eigenvalue weighted by Crippen LogP contribution is -2.32. The van der Waals surface area contributed by atoms with Gasteiger partial charge in [-0.1, -0.05) is 19.8 Å². The van der Waals surface area contributed by atoms with Crippen molar-refractivity contribution in [3.8, 4) is 0 Å². The van der Waals surface area contributed by atoms with Crippen LogP contribution in [0.25, 0.3) is 0 Å². The molecule has 0 N–H and O–H groups in total. The zero-order chi connectivity index (χ0) is 14.9. The summed E-state index contributed by atoms with van der Waals surface area (Å²) in [7, 11) is 1.36. The first-order valence-electron chi connectivity index (χ1n) is 7.38. The Labute approximate surface area is 119 Å². The van der Waals surface area contributed by atoms with Gasteiger partial charge >= 0.3 is 5.97 Å². The van der Waals surface area contributed by atoms with Crippen molar-refractivity contribution in [3.63, 3.8) is 0 Å². The van der Waals surface area contributed by atoms with Gasteiger partial charge in [0, 0.05) is 17.1 Å². The van der Waals surface area contributed by atoms with Gasteiger partial charge in [0.05, 0.1) is 13.0 Å². The molecule has 1 saturated carbocycles. The minimum atomic E-state index is -0.390. The Bertz CT molecular complexity index is 475. The van der Waals surface area contributed by atoms with Crippen LogP contribution in [0.4, 0.5) is 0 Å². The monoisotopic (exact) mass is 278 g/mol. The molecule has 110 valence electrons. The number of allylic oxidation sites excluding steroid dienone is 2. The van der Waals surface area contributed by atoms with E-state index in [0.717, 1.165) is 19.3 Å². The molecule has 0 radical (unpaired) electrons. The molecule has 4 nitrogen and oxygen atoms in total. The first kappa shape index (κ1) is 14.9. The van der Waals surface area contributed by atoms with Gasteiger partial charge in [-0.2, -0.15) is 0 Å². The Morgan fingerprint density at radius 1 is 1.25 bits per heavy atom. The van der Waals surface area contributed by atoms with Gasteiger partial charge in [-0.05, 0) is 32.1 Å². The van der Waals surface area contributed by atoms with Crippen molar-refractivity contribution in [1.82, 2.24) is 0 Å². The summed E-state index contributed by atoms with van der Waals surface area (Å²) in [5, 5.41) is 0. The molecule has 1 unspecified atom stereocenters. The van der Waals surface area contributed by atoms with E-state index in [9.17, 15) is 14.4 Å². The van der Waals surface area contributed by atoms with Gasteiger partial charge in [-0.15, -0.1) is 0 Å². The van der Waals surface area contributed by atoms with Crippen molar-refractivity contribution in [1.29, 1.82) is 0 Å². The second-order valence-corrected chi connectivity index (χ2v) is 5.71. The van der Waals surface area contributed by atoms with Crippen LogP contribution >= 0.6 is 0 Å². The summed E-state index contributed by atoms with van der Waals surface area (Å²) in [6.07, 6.45) is 3.93. The number of esters is 1. The predicted octanol–water partition coefficient (Wildman–Crippen LogP) is 2.46. The minimum Gasteiger partial charge on any atom is -0.469 e. The van der Waals surface area contributed by atoms with Crippen LogP contribution < -0.4 is 0 Å². The van der Waals surface area contributed by atoms with Crippen LogP contribution in [0.1, 0.15) is 46.0 Å². The lowest BCUT2D eigenvalue weighted by Gasteiger charge is -2.23. The number of ether oxygens (including phenoxy) is 1. The summed E-state index contributed by atoms with van der Waals surface area (Å²) < 4.78 is 4.87. The van der Waals surface area contributed by atoms with Crippen LogP contribution in [0.15, 0.2) is 11.1 Å². The number of ketones is 2. The van der Waals surface area contributed by atoms with Gasteiger partial charge in [-0.25, -0.2) is 0 Å². The molecule has 0 aromatic rings. The highest BCUT2D eigenvalue weighted by molar-refractivity contribution is 6.11. The average Bonchev–Trinajstić information content (AvgIpc) is 2.59. The second-order valence-electron chi connectivity index (χ2n) is 5.71. The maximum Gasteiger partial charge on any atom is 0.309 e. The largest absolute Gasteiger partial charge is 0.469 e. The van der Waals surface area contributed by atoms with Crippen LogP contribution in [0.3, 0.4) is 0 Å². The fraction of sp³-hybridized carbons (Fsp3) is 0.688. The molecule has 2 rings (SSSR count). The van der Waals surface area contributed by atoms with E-state index in [0.29, 0.717) is 24.0 Å². The number of hydrogen-bond donors (Lipinski definition) is 0. The molecular weight excluding hydrogens is 256 g/mol. The van der Waals surface area contributed by atoms with Gasteiger partial charge in [0.2, 0.25) is 0 Å². The van der Waals surface area contributed by atoms with E-state index in [1.807, 2.05) is 6.92 Å². The van der Waals surface area contributed by atoms with Crippen LogP contribution in [0.2, 0.25) is 0 Å². The zero-order valence-corrected chi connectivity index (χ0v) is 12.4. The molecule has 3 atom stereocenters. The fourth-order valence-corrected chi connectivity index (χ4v) is 3.87. The molecule has 1 fully saturated rings. The van der Waals surface area contributed by atoms with Gasteiger partial charge in [0.25, 0.3) is 0 Å². The summed E-state index contributed by atoms with van der Waals surface area (Å²) in [5.41, 5.74) is 1.32. The Morgan fingerprint density at radius 3 is 2.45 bits per heavy atom. The number of carbonyl (C=O) groups is 3. The summed E-state index contributed by atoms with van der Waals surface area (Å²) >= 11 is 0. The quantitative estimate of drug-likeness (QED) is 0.744. The lowest BCUT2D eigenvalue weighted by atomic mass is 9.79. The van der Waals surface area contributed by atoms with E-state index in [-0.39, 0.29) is 29.4 Å². The molecule has 2 aliphatic rings. The van der Waals surface area contributed by atoms with Gasteiger partial charge in [0.15, 0.2) is 11.6 Å². The topological polar surface area (TPSA) is 60.4 Å². The van der Waals surface area contributed by atoms with Crippen molar-refractivity contribution in [2.24, 2.45) is 17.8 Å². The summed E-state index contributed by atoms with van der Waals surface area (Å²) in [6, 6.07) is 0. The van der Waals surface area contributed by atoms with E-state index >= 15 is 0 Å². The van der Waals surface area contributed by atoms with Crippen LogP contribution in [0, 0.1) is 17.8 Å². The first-order chi connectivity index (χ1) is 9.52. The number of rotatable bonds is 3. The third-order valence-corrected chi connectivity index (χ3v) is 4.68. The molecule has 0 aliphatic heterocycles.